The summed E-state index contributed by atoms with van der Waals surface area (Å²) in [7, 11) is -3.76. The summed E-state index contributed by atoms with van der Waals surface area (Å²) in [6.07, 6.45) is 1.91. The van der Waals surface area contributed by atoms with Crippen molar-refractivity contribution in [3.8, 4) is 5.69 Å². The highest BCUT2D eigenvalue weighted by atomic mass is 35.5. The largest absolute Gasteiger partial charge is 0.314 e. The Kier molecular flexibility index (Phi) is 5.12. The minimum atomic E-state index is -3.76. The normalized spacial score (nSPS) is 12.3. The van der Waals surface area contributed by atoms with Crippen LogP contribution in [0.25, 0.3) is 16.6 Å². The van der Waals surface area contributed by atoms with Crippen LogP contribution in [0.5, 0.6) is 0 Å². The van der Waals surface area contributed by atoms with Gasteiger partial charge in [0.15, 0.2) is 0 Å². The molecule has 3 aromatic carbocycles. The van der Waals surface area contributed by atoms with Gasteiger partial charge in [0, 0.05) is 11.2 Å². The summed E-state index contributed by atoms with van der Waals surface area (Å²) < 4.78 is 30.8. The van der Waals surface area contributed by atoms with E-state index in [4.69, 9.17) is 11.6 Å². The van der Waals surface area contributed by atoms with Gasteiger partial charge in [-0.3, -0.25) is 4.72 Å². The van der Waals surface area contributed by atoms with Gasteiger partial charge >= 0.3 is 0 Å². The van der Waals surface area contributed by atoms with E-state index in [1.807, 2.05) is 53.2 Å². The second-order valence-electron chi connectivity index (χ2n) is 8.29. The van der Waals surface area contributed by atoms with Gasteiger partial charge < -0.3 is 4.57 Å². The van der Waals surface area contributed by atoms with Gasteiger partial charge in [0.25, 0.3) is 10.0 Å². The maximum Gasteiger partial charge on any atom is 0.261 e. The Morgan fingerprint density at radius 3 is 2.30 bits per heavy atom. The summed E-state index contributed by atoms with van der Waals surface area (Å²) >= 11 is 6.24. The van der Waals surface area contributed by atoms with E-state index in [1.165, 1.54) is 0 Å². The minimum absolute atomic E-state index is 0.0471. The molecule has 0 radical (unpaired) electrons. The van der Waals surface area contributed by atoms with Crippen LogP contribution in [0.3, 0.4) is 0 Å². The monoisotopic (exact) mass is 438 g/mol. The first-order valence-electron chi connectivity index (χ1n) is 9.64. The zero-order valence-corrected chi connectivity index (χ0v) is 18.6. The highest BCUT2D eigenvalue weighted by molar-refractivity contribution is 7.92. The van der Waals surface area contributed by atoms with Gasteiger partial charge in [-0.1, -0.05) is 62.7 Å². The van der Waals surface area contributed by atoms with Gasteiger partial charge in [-0.25, -0.2) is 8.42 Å². The average Bonchev–Trinajstić information content (AvgIpc) is 3.13. The van der Waals surface area contributed by atoms with E-state index in [-0.39, 0.29) is 10.3 Å². The van der Waals surface area contributed by atoms with Crippen molar-refractivity contribution in [1.82, 2.24) is 4.57 Å². The predicted octanol–water partition coefficient (Wildman–Crippen LogP) is 6.38. The van der Waals surface area contributed by atoms with E-state index >= 15 is 0 Å². The van der Waals surface area contributed by atoms with Gasteiger partial charge in [0.2, 0.25) is 0 Å². The number of hydrogen-bond acceptors (Lipinski definition) is 2. The predicted molar refractivity (Wildman–Crippen MR) is 124 cm³/mol. The molecule has 0 bridgehead atoms. The first kappa shape index (κ1) is 20.5. The van der Waals surface area contributed by atoms with Gasteiger partial charge in [-0.15, -0.1) is 0 Å². The van der Waals surface area contributed by atoms with E-state index in [0.29, 0.717) is 16.4 Å². The van der Waals surface area contributed by atoms with E-state index < -0.39 is 10.0 Å². The van der Waals surface area contributed by atoms with Crippen molar-refractivity contribution in [3.05, 3.63) is 89.6 Å². The zero-order valence-electron chi connectivity index (χ0n) is 17.1. The number of sulfonamides is 1. The summed E-state index contributed by atoms with van der Waals surface area (Å²) in [6, 6.07) is 22.0. The summed E-state index contributed by atoms with van der Waals surface area (Å²) in [5.41, 5.74) is 3.12. The molecule has 0 atom stereocenters. The third kappa shape index (κ3) is 3.95. The lowest BCUT2D eigenvalue weighted by atomic mass is 9.87. The number of nitrogens with zero attached hydrogens (tertiary/aromatic N) is 1. The molecular formula is C24H23ClN2O2S. The highest BCUT2D eigenvalue weighted by Gasteiger charge is 2.19. The Labute approximate surface area is 182 Å². The SMILES string of the molecule is CC(C)(C)c1ccc(S(=O)(=O)Nc2ccc(Cl)cc2-n2ccc3ccccc32)cc1. The number of benzene rings is 3. The van der Waals surface area contributed by atoms with Crippen LogP contribution in [-0.2, 0) is 15.4 Å². The van der Waals surface area contributed by atoms with Crippen molar-refractivity contribution >= 4 is 38.2 Å². The molecule has 0 aliphatic heterocycles. The number of nitrogens with one attached hydrogen (secondary N) is 1. The summed E-state index contributed by atoms with van der Waals surface area (Å²) in [5, 5.41) is 1.59. The maximum absolute atomic E-state index is 13.1. The topological polar surface area (TPSA) is 51.1 Å². The van der Waals surface area contributed by atoms with Gasteiger partial charge in [0.1, 0.15) is 0 Å². The lowest BCUT2D eigenvalue weighted by Gasteiger charge is -2.19. The van der Waals surface area contributed by atoms with Gasteiger partial charge in [-0.05, 0) is 58.8 Å². The number of para-hydroxylation sites is 1. The molecule has 0 aliphatic rings. The molecule has 0 unspecified atom stereocenters. The Morgan fingerprint density at radius 1 is 0.900 bits per heavy atom. The molecule has 1 N–H and O–H groups in total. The lowest BCUT2D eigenvalue weighted by Crippen LogP contribution is -2.16. The number of aromatic nitrogens is 1. The molecule has 6 heteroatoms. The molecule has 0 aliphatic carbocycles. The van der Waals surface area contributed by atoms with E-state index in [2.05, 4.69) is 25.5 Å². The molecule has 4 nitrogen and oxygen atoms in total. The van der Waals surface area contributed by atoms with Crippen molar-refractivity contribution in [3.63, 3.8) is 0 Å². The third-order valence-corrected chi connectivity index (χ3v) is 6.71. The second-order valence-corrected chi connectivity index (χ2v) is 10.4. The Balaban J connectivity index is 1.75. The summed E-state index contributed by atoms with van der Waals surface area (Å²) in [4.78, 5) is 0.216. The molecule has 1 heterocycles. The van der Waals surface area contributed by atoms with E-state index in [0.717, 1.165) is 16.5 Å². The third-order valence-electron chi connectivity index (χ3n) is 5.09. The Morgan fingerprint density at radius 2 is 1.60 bits per heavy atom. The highest BCUT2D eigenvalue weighted by Crippen LogP contribution is 2.31. The van der Waals surface area contributed by atoms with Crippen LogP contribution < -0.4 is 4.72 Å². The van der Waals surface area contributed by atoms with Crippen LogP contribution >= 0.6 is 11.6 Å². The van der Waals surface area contributed by atoms with Crippen molar-refractivity contribution in [2.45, 2.75) is 31.1 Å². The fourth-order valence-corrected chi connectivity index (χ4v) is 4.66. The maximum atomic E-state index is 13.1. The molecule has 0 spiro atoms. The molecule has 1 aromatic heterocycles. The van der Waals surface area contributed by atoms with Crippen LogP contribution in [0, 0.1) is 0 Å². The van der Waals surface area contributed by atoms with Crippen LogP contribution in [0.1, 0.15) is 26.3 Å². The lowest BCUT2D eigenvalue weighted by molar-refractivity contribution is 0.587. The van der Waals surface area contributed by atoms with Gasteiger partial charge in [-0.2, -0.15) is 0 Å². The van der Waals surface area contributed by atoms with Crippen LogP contribution in [0.4, 0.5) is 5.69 Å². The van der Waals surface area contributed by atoms with Crippen LogP contribution in [-0.4, -0.2) is 13.0 Å². The minimum Gasteiger partial charge on any atom is -0.314 e. The second kappa shape index (κ2) is 7.49. The molecule has 0 amide bonds. The molecule has 30 heavy (non-hydrogen) atoms. The molecular weight excluding hydrogens is 416 g/mol. The van der Waals surface area contributed by atoms with Gasteiger partial charge in [0.05, 0.1) is 21.8 Å². The molecule has 0 fully saturated rings. The first-order valence-corrected chi connectivity index (χ1v) is 11.5. The number of fused-ring (bicyclic) bond motifs is 1. The van der Waals surface area contributed by atoms with Crippen molar-refractivity contribution in [1.29, 1.82) is 0 Å². The quantitative estimate of drug-likeness (QED) is 0.401. The van der Waals surface area contributed by atoms with Crippen molar-refractivity contribution in [2.24, 2.45) is 0 Å². The standard InChI is InChI=1S/C24H23ClN2O2S/c1-24(2,3)18-8-11-20(12-9-18)30(28,29)26-21-13-10-19(25)16-23(21)27-15-14-17-6-4-5-7-22(17)27/h4-16,26H,1-3H3. The number of halogens is 1. The van der Waals surface area contributed by atoms with Crippen LogP contribution in [0.15, 0.2) is 83.9 Å². The smallest absolute Gasteiger partial charge is 0.261 e. The molecule has 4 aromatic rings. The Bertz CT molecular complexity index is 1320. The summed E-state index contributed by atoms with van der Waals surface area (Å²) in [6.45, 7) is 6.28. The molecule has 0 saturated heterocycles. The number of rotatable bonds is 4. The van der Waals surface area contributed by atoms with Crippen LogP contribution in [0.2, 0.25) is 5.02 Å². The zero-order chi connectivity index (χ0) is 21.5. The number of hydrogen-bond donors (Lipinski definition) is 1. The molecule has 4 rings (SSSR count). The Hall–Kier alpha value is -2.76. The average molecular weight is 439 g/mol. The molecule has 0 saturated carbocycles. The first-order chi connectivity index (χ1) is 14.1. The fourth-order valence-electron chi connectivity index (χ4n) is 3.42. The van der Waals surface area contributed by atoms with E-state index in [9.17, 15) is 8.42 Å². The fraction of sp³-hybridized carbons (Fsp3) is 0.167. The molecule has 154 valence electrons. The van der Waals surface area contributed by atoms with Crippen molar-refractivity contribution in [2.75, 3.05) is 4.72 Å². The number of anilines is 1. The van der Waals surface area contributed by atoms with Crippen molar-refractivity contribution < 1.29 is 8.42 Å². The van der Waals surface area contributed by atoms with E-state index in [1.54, 1.807) is 30.3 Å². The summed E-state index contributed by atoms with van der Waals surface area (Å²) in [5.74, 6) is 0.